The van der Waals surface area contributed by atoms with E-state index in [1.54, 1.807) is 6.07 Å². The topological polar surface area (TPSA) is 60.4 Å². The maximum Gasteiger partial charge on any atom is 0.282 e. The Kier molecular flexibility index (Phi) is 3.02. The molecule has 3 aromatic heterocycles. The van der Waals surface area contributed by atoms with Crippen LogP contribution in [0.4, 0.5) is 0 Å². The number of aromatic nitrogens is 2. The van der Waals surface area contributed by atoms with Gasteiger partial charge in [-0.15, -0.1) is 11.3 Å². The van der Waals surface area contributed by atoms with Crippen LogP contribution in [0.1, 0.15) is 22.0 Å². The number of rotatable bonds is 2. The maximum absolute atomic E-state index is 12.4. The summed E-state index contributed by atoms with van der Waals surface area (Å²) in [6.45, 7) is 5.77. The van der Waals surface area contributed by atoms with Crippen LogP contribution >= 0.6 is 11.3 Å². The highest BCUT2D eigenvalue weighted by molar-refractivity contribution is 7.18. The normalized spacial score (nSPS) is 11.8. The van der Waals surface area contributed by atoms with E-state index >= 15 is 0 Å². The fraction of sp³-hybridized carbons (Fsp3) is 0.214. The van der Waals surface area contributed by atoms with Gasteiger partial charge >= 0.3 is 0 Å². The van der Waals surface area contributed by atoms with E-state index in [0.29, 0.717) is 11.1 Å². The molecular weight excluding hydrogens is 274 g/mol. The van der Waals surface area contributed by atoms with E-state index in [1.165, 1.54) is 28.6 Å². The van der Waals surface area contributed by atoms with Gasteiger partial charge in [-0.2, -0.15) is 9.78 Å². The molecule has 102 valence electrons. The average Bonchev–Trinajstić information content (AvgIpc) is 2.94. The van der Waals surface area contributed by atoms with Crippen molar-refractivity contribution in [3.8, 4) is 0 Å². The molecule has 0 N–H and O–H groups in total. The monoisotopic (exact) mass is 287 g/mol. The van der Waals surface area contributed by atoms with Crippen molar-refractivity contribution < 1.29 is 4.42 Å². The first kappa shape index (κ1) is 12.8. The lowest BCUT2D eigenvalue weighted by Crippen LogP contribution is -2.16. The zero-order valence-corrected chi connectivity index (χ0v) is 12.2. The molecule has 5 nitrogen and oxygen atoms in total. The Labute approximate surface area is 119 Å². The van der Waals surface area contributed by atoms with Gasteiger partial charge in [0, 0.05) is 4.88 Å². The second kappa shape index (κ2) is 4.72. The smallest absolute Gasteiger partial charge is 0.282 e. The van der Waals surface area contributed by atoms with Crippen molar-refractivity contribution in [1.82, 2.24) is 9.66 Å². The van der Waals surface area contributed by atoms with Crippen molar-refractivity contribution in [2.75, 3.05) is 0 Å². The van der Waals surface area contributed by atoms with Crippen molar-refractivity contribution in [3.05, 3.63) is 50.8 Å². The van der Waals surface area contributed by atoms with E-state index in [9.17, 15) is 4.79 Å². The Morgan fingerprint density at radius 2 is 2.15 bits per heavy atom. The summed E-state index contributed by atoms with van der Waals surface area (Å²) in [7, 11) is 0. The lowest BCUT2D eigenvalue weighted by atomic mass is 10.2. The summed E-state index contributed by atoms with van der Waals surface area (Å²) in [5.41, 5.74) is 0.817. The summed E-state index contributed by atoms with van der Waals surface area (Å²) in [6.07, 6.45) is 2.95. The zero-order chi connectivity index (χ0) is 14.3. The van der Waals surface area contributed by atoms with Crippen molar-refractivity contribution in [2.24, 2.45) is 5.10 Å². The standard InChI is InChI=1S/C14H13N3O2S/c1-8-4-5-11(19-8)6-16-17-7-15-13-12(14(17)18)9(2)10(3)20-13/h4-7H,1-3H3/b16-6-. The van der Waals surface area contributed by atoms with Gasteiger partial charge in [-0.1, -0.05) is 0 Å². The maximum atomic E-state index is 12.4. The number of aryl methyl sites for hydroxylation is 3. The largest absolute Gasteiger partial charge is 0.460 e. The van der Waals surface area contributed by atoms with Crippen molar-refractivity contribution >= 4 is 27.8 Å². The van der Waals surface area contributed by atoms with Gasteiger partial charge in [0.05, 0.1) is 11.6 Å². The van der Waals surface area contributed by atoms with Crippen LogP contribution in [0.25, 0.3) is 10.2 Å². The van der Waals surface area contributed by atoms with Crippen LogP contribution in [0.15, 0.2) is 32.8 Å². The van der Waals surface area contributed by atoms with Crippen molar-refractivity contribution in [2.45, 2.75) is 20.8 Å². The predicted octanol–water partition coefficient (Wildman–Crippen LogP) is 2.86. The van der Waals surface area contributed by atoms with Gasteiger partial charge in [-0.3, -0.25) is 4.79 Å². The molecule has 20 heavy (non-hydrogen) atoms. The van der Waals surface area contributed by atoms with E-state index in [-0.39, 0.29) is 5.56 Å². The first-order chi connectivity index (χ1) is 9.56. The van der Waals surface area contributed by atoms with Gasteiger partial charge in [0.2, 0.25) is 0 Å². The highest BCUT2D eigenvalue weighted by Gasteiger charge is 2.11. The number of fused-ring (bicyclic) bond motifs is 1. The average molecular weight is 287 g/mol. The van der Waals surface area contributed by atoms with Crippen LogP contribution in [0, 0.1) is 20.8 Å². The molecule has 0 spiro atoms. The van der Waals surface area contributed by atoms with E-state index in [4.69, 9.17) is 4.42 Å². The van der Waals surface area contributed by atoms with Gasteiger partial charge in [0.1, 0.15) is 22.7 Å². The molecule has 0 atom stereocenters. The molecule has 6 heteroatoms. The van der Waals surface area contributed by atoms with Crippen LogP contribution < -0.4 is 5.56 Å². The molecule has 0 aliphatic carbocycles. The van der Waals surface area contributed by atoms with Crippen LogP contribution in [-0.4, -0.2) is 15.9 Å². The molecule has 3 aromatic rings. The minimum Gasteiger partial charge on any atom is -0.460 e. The number of nitrogens with zero attached hydrogens (tertiary/aromatic N) is 3. The molecule has 0 unspecified atom stereocenters. The zero-order valence-electron chi connectivity index (χ0n) is 11.4. The van der Waals surface area contributed by atoms with Crippen molar-refractivity contribution in [3.63, 3.8) is 0 Å². The van der Waals surface area contributed by atoms with E-state index in [1.807, 2.05) is 26.8 Å². The summed E-state index contributed by atoms with van der Waals surface area (Å²) in [5.74, 6) is 1.41. The molecule has 0 fully saturated rings. The summed E-state index contributed by atoms with van der Waals surface area (Å²) in [5, 5.41) is 4.76. The van der Waals surface area contributed by atoms with E-state index in [2.05, 4.69) is 10.1 Å². The fourth-order valence-corrected chi connectivity index (χ4v) is 2.94. The molecule has 0 aliphatic heterocycles. The van der Waals surface area contributed by atoms with Crippen LogP contribution in [0.5, 0.6) is 0 Å². The Morgan fingerprint density at radius 3 is 2.85 bits per heavy atom. The molecule has 0 saturated heterocycles. The third-order valence-corrected chi connectivity index (χ3v) is 4.26. The first-order valence-electron chi connectivity index (χ1n) is 6.14. The highest BCUT2D eigenvalue weighted by Crippen LogP contribution is 2.25. The lowest BCUT2D eigenvalue weighted by molar-refractivity contribution is 0.527. The van der Waals surface area contributed by atoms with Gasteiger partial charge < -0.3 is 4.42 Å². The molecular formula is C14H13N3O2S. The minimum atomic E-state index is -0.156. The van der Waals surface area contributed by atoms with E-state index in [0.717, 1.165) is 21.0 Å². The number of hydrogen-bond acceptors (Lipinski definition) is 5. The van der Waals surface area contributed by atoms with Crippen molar-refractivity contribution in [1.29, 1.82) is 0 Å². The Balaban J connectivity index is 2.08. The molecule has 3 rings (SSSR count). The summed E-state index contributed by atoms with van der Waals surface area (Å²) < 4.78 is 6.61. The van der Waals surface area contributed by atoms with E-state index < -0.39 is 0 Å². The highest BCUT2D eigenvalue weighted by atomic mass is 32.1. The molecule has 0 saturated carbocycles. The minimum absolute atomic E-state index is 0.156. The molecule has 0 aliphatic rings. The van der Waals surface area contributed by atoms with Gasteiger partial charge in [-0.05, 0) is 38.5 Å². The molecule has 0 aromatic carbocycles. The second-order valence-corrected chi connectivity index (χ2v) is 5.75. The lowest BCUT2D eigenvalue weighted by Gasteiger charge is -1.97. The number of thiophene rings is 1. The fourth-order valence-electron chi connectivity index (χ4n) is 1.95. The Morgan fingerprint density at radius 1 is 1.35 bits per heavy atom. The quantitative estimate of drug-likeness (QED) is 0.681. The third kappa shape index (κ3) is 2.08. The Bertz CT molecular complexity index is 870. The van der Waals surface area contributed by atoms with Crippen LogP contribution in [0.3, 0.4) is 0 Å². The first-order valence-corrected chi connectivity index (χ1v) is 6.96. The van der Waals surface area contributed by atoms with Gasteiger partial charge in [0.15, 0.2) is 0 Å². The number of hydrogen-bond donors (Lipinski definition) is 0. The second-order valence-electron chi connectivity index (χ2n) is 4.55. The molecule has 0 amide bonds. The SMILES string of the molecule is Cc1ccc(/C=N\n2cnc3sc(C)c(C)c3c2=O)o1. The Hall–Kier alpha value is -2.21. The number of furan rings is 1. The molecule has 0 bridgehead atoms. The van der Waals surface area contributed by atoms with Gasteiger partial charge in [0.25, 0.3) is 5.56 Å². The predicted molar refractivity (Wildman–Crippen MR) is 79.8 cm³/mol. The van der Waals surface area contributed by atoms with Crippen LogP contribution in [0.2, 0.25) is 0 Å². The summed E-state index contributed by atoms with van der Waals surface area (Å²) >= 11 is 1.52. The third-order valence-electron chi connectivity index (χ3n) is 3.14. The summed E-state index contributed by atoms with van der Waals surface area (Å²) in [6, 6.07) is 3.65. The van der Waals surface area contributed by atoms with Crippen LogP contribution in [-0.2, 0) is 0 Å². The molecule has 0 radical (unpaired) electrons. The summed E-state index contributed by atoms with van der Waals surface area (Å²) in [4.78, 5) is 18.5. The molecule has 3 heterocycles. The van der Waals surface area contributed by atoms with Gasteiger partial charge in [-0.25, -0.2) is 4.98 Å².